The summed E-state index contributed by atoms with van der Waals surface area (Å²) in [6.45, 7) is 3.17. The summed E-state index contributed by atoms with van der Waals surface area (Å²) in [5.74, 6) is 0.359. The summed E-state index contributed by atoms with van der Waals surface area (Å²) in [6, 6.07) is 12.2. The van der Waals surface area contributed by atoms with E-state index < -0.39 is 10.0 Å². The first-order valence-corrected chi connectivity index (χ1v) is 10.1. The van der Waals surface area contributed by atoms with Gasteiger partial charge in [0, 0.05) is 24.8 Å². The van der Waals surface area contributed by atoms with E-state index in [1.807, 2.05) is 35.1 Å². The molecule has 0 amide bonds. The van der Waals surface area contributed by atoms with Crippen LogP contribution in [0.4, 0.5) is 0 Å². The lowest BCUT2D eigenvalue weighted by molar-refractivity contribution is 0.133. The van der Waals surface area contributed by atoms with Crippen LogP contribution in [0.1, 0.15) is 12.8 Å². The van der Waals surface area contributed by atoms with Gasteiger partial charge in [-0.1, -0.05) is 30.3 Å². The highest BCUT2D eigenvalue weighted by atomic mass is 32.2. The molecule has 1 saturated heterocycles. The van der Waals surface area contributed by atoms with Crippen LogP contribution in [0.15, 0.2) is 42.6 Å². The van der Waals surface area contributed by atoms with Crippen molar-refractivity contribution in [2.75, 3.05) is 25.9 Å². The van der Waals surface area contributed by atoms with Gasteiger partial charge in [-0.05, 0) is 31.4 Å². The van der Waals surface area contributed by atoms with E-state index in [2.05, 4.69) is 26.9 Å². The fraction of sp³-hybridized carbons (Fsp3) is 0.471. The molecule has 0 aliphatic carbocycles. The Morgan fingerprint density at radius 2 is 2.04 bits per heavy atom. The molecule has 1 aromatic carbocycles. The Kier molecular flexibility index (Phi) is 5.33. The minimum absolute atomic E-state index is 0.359. The van der Waals surface area contributed by atoms with Gasteiger partial charge in [-0.15, -0.1) is 0 Å². The van der Waals surface area contributed by atoms with Crippen LogP contribution in [-0.4, -0.2) is 49.0 Å². The highest BCUT2D eigenvalue weighted by Crippen LogP contribution is 2.18. The molecule has 1 aromatic heterocycles. The Labute approximate surface area is 143 Å². The molecule has 0 saturated carbocycles. The number of likely N-dealkylation sites (tertiary alicyclic amines) is 1. The number of nitrogens with one attached hydrogen (secondary N) is 1. The molecule has 0 bridgehead atoms. The molecule has 1 fully saturated rings. The number of sulfonamides is 1. The molecule has 130 valence electrons. The van der Waals surface area contributed by atoms with Crippen LogP contribution in [0, 0.1) is 5.92 Å². The smallest absolute Gasteiger partial charge is 0.208 e. The average molecular weight is 348 g/mol. The Bertz CT molecular complexity index is 758. The van der Waals surface area contributed by atoms with Crippen molar-refractivity contribution in [3.05, 3.63) is 42.6 Å². The fourth-order valence-electron chi connectivity index (χ4n) is 3.12. The van der Waals surface area contributed by atoms with Crippen molar-refractivity contribution < 1.29 is 8.42 Å². The minimum atomic E-state index is -3.11. The van der Waals surface area contributed by atoms with E-state index in [-0.39, 0.29) is 0 Å². The maximum Gasteiger partial charge on any atom is 0.208 e. The molecule has 24 heavy (non-hydrogen) atoms. The molecule has 3 rings (SSSR count). The lowest BCUT2D eigenvalue weighted by Crippen LogP contribution is -2.41. The average Bonchev–Trinajstić information content (AvgIpc) is 3.02. The monoisotopic (exact) mass is 348 g/mol. The van der Waals surface area contributed by atoms with Crippen molar-refractivity contribution in [2.24, 2.45) is 5.92 Å². The van der Waals surface area contributed by atoms with Crippen LogP contribution >= 0.6 is 0 Å². The predicted octanol–water partition coefficient (Wildman–Crippen LogP) is 1.77. The van der Waals surface area contributed by atoms with E-state index in [0.717, 1.165) is 43.9 Å². The first-order chi connectivity index (χ1) is 11.5. The second-order valence-electron chi connectivity index (χ2n) is 6.45. The number of aromatic nitrogens is 2. The summed E-state index contributed by atoms with van der Waals surface area (Å²) >= 11 is 0. The van der Waals surface area contributed by atoms with Crippen molar-refractivity contribution in [1.82, 2.24) is 19.4 Å². The van der Waals surface area contributed by atoms with Gasteiger partial charge in [0.15, 0.2) is 0 Å². The van der Waals surface area contributed by atoms with E-state index in [1.165, 1.54) is 6.26 Å². The van der Waals surface area contributed by atoms with Crippen LogP contribution in [0.25, 0.3) is 11.3 Å². The summed E-state index contributed by atoms with van der Waals surface area (Å²) in [7, 11) is -3.11. The number of rotatable bonds is 6. The molecule has 1 aliphatic rings. The van der Waals surface area contributed by atoms with E-state index in [1.54, 1.807) is 0 Å². The standard InChI is InChI=1S/C17H24N4O2S/c1-24(22,23)18-12-15-6-5-10-20(13-15)14-21-11-9-17(19-21)16-7-3-2-4-8-16/h2-4,7-9,11,15,18H,5-6,10,12-14H2,1H3. The largest absolute Gasteiger partial charge is 0.284 e. The zero-order valence-corrected chi connectivity index (χ0v) is 14.7. The molecule has 1 atom stereocenters. The van der Waals surface area contributed by atoms with Crippen molar-refractivity contribution in [1.29, 1.82) is 0 Å². The number of piperidine rings is 1. The van der Waals surface area contributed by atoms with Gasteiger partial charge in [-0.2, -0.15) is 5.10 Å². The number of hydrogen-bond donors (Lipinski definition) is 1. The first kappa shape index (κ1) is 17.1. The van der Waals surface area contributed by atoms with Crippen LogP contribution in [-0.2, 0) is 16.7 Å². The van der Waals surface area contributed by atoms with Gasteiger partial charge < -0.3 is 0 Å². The molecular formula is C17H24N4O2S. The third kappa shape index (κ3) is 4.90. The Balaban J connectivity index is 1.57. The van der Waals surface area contributed by atoms with Gasteiger partial charge in [0.2, 0.25) is 10.0 Å². The molecule has 2 heterocycles. The molecule has 1 aliphatic heterocycles. The predicted molar refractivity (Wildman–Crippen MR) is 94.8 cm³/mol. The van der Waals surface area contributed by atoms with Gasteiger partial charge in [0.1, 0.15) is 0 Å². The first-order valence-electron chi connectivity index (χ1n) is 8.25. The number of hydrogen-bond acceptors (Lipinski definition) is 4. The molecule has 6 nitrogen and oxygen atoms in total. The van der Waals surface area contributed by atoms with Crippen LogP contribution in [0.5, 0.6) is 0 Å². The van der Waals surface area contributed by atoms with Crippen molar-refractivity contribution in [3.63, 3.8) is 0 Å². The highest BCUT2D eigenvalue weighted by Gasteiger charge is 2.21. The Hall–Kier alpha value is -1.70. The van der Waals surface area contributed by atoms with Crippen LogP contribution < -0.4 is 4.72 Å². The lowest BCUT2D eigenvalue weighted by Gasteiger charge is -2.32. The normalized spacial score (nSPS) is 19.5. The van der Waals surface area contributed by atoms with E-state index in [9.17, 15) is 8.42 Å². The molecule has 0 radical (unpaired) electrons. The Morgan fingerprint density at radius 1 is 1.25 bits per heavy atom. The van der Waals surface area contributed by atoms with Gasteiger partial charge in [0.25, 0.3) is 0 Å². The van der Waals surface area contributed by atoms with Crippen molar-refractivity contribution >= 4 is 10.0 Å². The summed E-state index contributed by atoms with van der Waals surface area (Å²) in [6.07, 6.45) is 5.36. The zero-order chi connectivity index (χ0) is 17.0. The number of benzene rings is 1. The minimum Gasteiger partial charge on any atom is -0.284 e. The van der Waals surface area contributed by atoms with E-state index >= 15 is 0 Å². The third-order valence-electron chi connectivity index (χ3n) is 4.29. The lowest BCUT2D eigenvalue weighted by atomic mass is 9.99. The second kappa shape index (κ2) is 7.46. The molecule has 2 aromatic rings. The maximum absolute atomic E-state index is 11.2. The summed E-state index contributed by atoms with van der Waals surface area (Å²) < 4.78 is 27.1. The third-order valence-corrected chi connectivity index (χ3v) is 4.98. The van der Waals surface area contributed by atoms with Crippen LogP contribution in [0.2, 0.25) is 0 Å². The topological polar surface area (TPSA) is 67.2 Å². The fourth-order valence-corrected chi connectivity index (χ4v) is 3.66. The molecule has 1 unspecified atom stereocenters. The van der Waals surface area contributed by atoms with Crippen LogP contribution in [0.3, 0.4) is 0 Å². The number of nitrogens with zero attached hydrogens (tertiary/aromatic N) is 3. The maximum atomic E-state index is 11.2. The zero-order valence-electron chi connectivity index (χ0n) is 13.9. The van der Waals surface area contributed by atoms with Gasteiger partial charge >= 0.3 is 0 Å². The van der Waals surface area contributed by atoms with Gasteiger partial charge in [-0.3, -0.25) is 9.58 Å². The Morgan fingerprint density at radius 3 is 2.79 bits per heavy atom. The van der Waals surface area contributed by atoms with Gasteiger partial charge in [0.05, 0.1) is 18.6 Å². The summed E-state index contributed by atoms with van der Waals surface area (Å²) in [5, 5.41) is 4.65. The highest BCUT2D eigenvalue weighted by molar-refractivity contribution is 7.88. The molecule has 1 N–H and O–H groups in total. The van der Waals surface area contributed by atoms with E-state index in [4.69, 9.17) is 0 Å². The molecule has 7 heteroatoms. The van der Waals surface area contributed by atoms with Gasteiger partial charge in [-0.25, -0.2) is 13.1 Å². The second-order valence-corrected chi connectivity index (χ2v) is 8.29. The summed E-state index contributed by atoms with van der Waals surface area (Å²) in [4.78, 5) is 2.33. The van der Waals surface area contributed by atoms with E-state index in [0.29, 0.717) is 12.5 Å². The summed E-state index contributed by atoms with van der Waals surface area (Å²) in [5.41, 5.74) is 2.09. The molecule has 0 spiro atoms. The van der Waals surface area contributed by atoms with Crippen molar-refractivity contribution in [3.8, 4) is 11.3 Å². The molecular weight excluding hydrogens is 324 g/mol. The SMILES string of the molecule is CS(=O)(=O)NCC1CCCN(Cn2ccc(-c3ccccc3)n2)C1. The quantitative estimate of drug-likeness (QED) is 0.864. The van der Waals surface area contributed by atoms with Crippen molar-refractivity contribution in [2.45, 2.75) is 19.5 Å².